The van der Waals surface area contributed by atoms with Gasteiger partial charge in [0.15, 0.2) is 0 Å². The van der Waals surface area contributed by atoms with Crippen LogP contribution in [-0.4, -0.2) is 17.1 Å². The van der Waals surface area contributed by atoms with Crippen molar-refractivity contribution in [2.75, 3.05) is 0 Å². The first-order chi connectivity index (χ1) is 11.6. The number of carbonyl (C=O) groups excluding carboxylic acids is 1. The second-order valence-corrected chi connectivity index (χ2v) is 7.10. The zero-order valence-electron chi connectivity index (χ0n) is 14.6. The number of hydrogen-bond donors (Lipinski definition) is 2. The molecule has 4 nitrogen and oxygen atoms in total. The van der Waals surface area contributed by atoms with Crippen LogP contribution >= 0.6 is 0 Å². The lowest BCUT2D eigenvalue weighted by Gasteiger charge is -2.34. The number of aromatic nitrogens is 1. The zero-order chi connectivity index (χ0) is 16.9. The van der Waals surface area contributed by atoms with Crippen LogP contribution in [0.3, 0.4) is 0 Å². The summed E-state index contributed by atoms with van der Waals surface area (Å²) in [5.74, 6) is 1.19. The van der Waals surface area contributed by atoms with Crippen molar-refractivity contribution in [2.24, 2.45) is 11.8 Å². The van der Waals surface area contributed by atoms with E-state index in [1.807, 2.05) is 24.3 Å². The van der Waals surface area contributed by atoms with E-state index >= 15 is 0 Å². The molecule has 1 aromatic carbocycles. The van der Waals surface area contributed by atoms with Crippen LogP contribution in [0.2, 0.25) is 0 Å². The average molecular weight is 325 g/mol. The number of nitrogens with one attached hydrogen (secondary N) is 2. The van der Waals surface area contributed by atoms with Gasteiger partial charge in [0.05, 0.1) is 12.2 Å². The molecule has 3 rings (SSSR count). The van der Waals surface area contributed by atoms with E-state index in [1.165, 1.54) is 19.3 Å². The minimum Gasteiger partial charge on any atom is -0.335 e. The Bertz CT molecular complexity index is 693. The van der Waals surface area contributed by atoms with Gasteiger partial charge >= 0.3 is 6.03 Å². The highest BCUT2D eigenvalue weighted by Crippen LogP contribution is 2.30. The van der Waals surface area contributed by atoms with Gasteiger partial charge in [0.1, 0.15) is 0 Å². The zero-order valence-corrected chi connectivity index (χ0v) is 14.6. The molecule has 0 saturated heterocycles. The molecule has 2 amide bonds. The molecule has 1 heterocycles. The fourth-order valence-electron chi connectivity index (χ4n) is 3.84. The summed E-state index contributed by atoms with van der Waals surface area (Å²) in [6.45, 7) is 4.96. The molecule has 0 spiro atoms. The lowest BCUT2D eigenvalue weighted by molar-refractivity contribution is 0.194. The van der Waals surface area contributed by atoms with Crippen LogP contribution in [-0.2, 0) is 6.54 Å². The van der Waals surface area contributed by atoms with Gasteiger partial charge in [-0.05, 0) is 36.1 Å². The van der Waals surface area contributed by atoms with E-state index in [2.05, 4.69) is 35.5 Å². The summed E-state index contributed by atoms with van der Waals surface area (Å²) in [5, 5.41) is 8.42. The first kappa shape index (κ1) is 16.7. The molecule has 24 heavy (non-hydrogen) atoms. The second-order valence-electron chi connectivity index (χ2n) is 7.10. The summed E-state index contributed by atoms with van der Waals surface area (Å²) in [5.41, 5.74) is 0.910. The first-order valence-electron chi connectivity index (χ1n) is 9.02. The molecule has 1 saturated carbocycles. The fraction of sp³-hybridized carbons (Fsp3) is 0.500. The molecule has 1 aliphatic rings. The standard InChI is InChI=1S/C20H27N3O/c1-14(2)16-8-5-6-10-18(16)23-20(24)22-13-19-17-9-4-3-7-15(17)11-12-21-19/h3-4,7,9,11-12,14,16,18H,5-6,8,10,13H2,1-2H3,(H2,22,23,24). The van der Waals surface area contributed by atoms with E-state index < -0.39 is 0 Å². The Morgan fingerprint density at radius 3 is 2.83 bits per heavy atom. The molecule has 2 atom stereocenters. The molecular weight excluding hydrogens is 298 g/mol. The highest BCUT2D eigenvalue weighted by atomic mass is 16.2. The van der Waals surface area contributed by atoms with Crippen molar-refractivity contribution in [3.8, 4) is 0 Å². The molecule has 2 unspecified atom stereocenters. The third-order valence-electron chi connectivity index (χ3n) is 5.16. The van der Waals surface area contributed by atoms with Gasteiger partial charge in [0.25, 0.3) is 0 Å². The molecule has 1 aliphatic carbocycles. The predicted molar refractivity (Wildman–Crippen MR) is 97.7 cm³/mol. The van der Waals surface area contributed by atoms with Gasteiger partial charge in [0, 0.05) is 17.6 Å². The predicted octanol–water partition coefficient (Wildman–Crippen LogP) is 4.25. The minimum atomic E-state index is -0.0812. The van der Waals surface area contributed by atoms with E-state index in [0.29, 0.717) is 24.4 Å². The minimum absolute atomic E-state index is 0.0812. The van der Waals surface area contributed by atoms with Crippen molar-refractivity contribution in [3.05, 3.63) is 42.2 Å². The molecule has 2 aromatic rings. The molecule has 1 fully saturated rings. The summed E-state index contributed by atoms with van der Waals surface area (Å²) < 4.78 is 0. The maximum absolute atomic E-state index is 12.3. The molecule has 0 radical (unpaired) electrons. The van der Waals surface area contributed by atoms with E-state index in [0.717, 1.165) is 22.9 Å². The summed E-state index contributed by atoms with van der Waals surface area (Å²) in [7, 11) is 0. The summed E-state index contributed by atoms with van der Waals surface area (Å²) >= 11 is 0. The lowest BCUT2D eigenvalue weighted by atomic mass is 9.78. The number of pyridine rings is 1. The van der Waals surface area contributed by atoms with Crippen molar-refractivity contribution >= 4 is 16.8 Å². The third-order valence-corrected chi connectivity index (χ3v) is 5.16. The van der Waals surface area contributed by atoms with Crippen LogP contribution in [0, 0.1) is 11.8 Å². The first-order valence-corrected chi connectivity index (χ1v) is 9.02. The van der Waals surface area contributed by atoms with Gasteiger partial charge < -0.3 is 10.6 Å². The highest BCUT2D eigenvalue weighted by molar-refractivity contribution is 5.84. The molecule has 1 aromatic heterocycles. The smallest absolute Gasteiger partial charge is 0.315 e. The largest absolute Gasteiger partial charge is 0.335 e. The van der Waals surface area contributed by atoms with Gasteiger partial charge in [-0.3, -0.25) is 4.98 Å². The van der Waals surface area contributed by atoms with Gasteiger partial charge in [-0.2, -0.15) is 0 Å². The van der Waals surface area contributed by atoms with Crippen LogP contribution in [0.1, 0.15) is 45.2 Å². The number of fused-ring (bicyclic) bond motifs is 1. The Labute approximate surface area is 144 Å². The van der Waals surface area contributed by atoms with Crippen LogP contribution in [0.5, 0.6) is 0 Å². The van der Waals surface area contributed by atoms with E-state index in [9.17, 15) is 4.79 Å². The molecule has 2 N–H and O–H groups in total. The maximum atomic E-state index is 12.3. The van der Waals surface area contributed by atoms with Crippen molar-refractivity contribution in [1.29, 1.82) is 0 Å². The van der Waals surface area contributed by atoms with Crippen LogP contribution < -0.4 is 10.6 Å². The number of urea groups is 1. The van der Waals surface area contributed by atoms with Crippen LogP contribution in [0.15, 0.2) is 36.5 Å². The topological polar surface area (TPSA) is 54.0 Å². The summed E-state index contributed by atoms with van der Waals surface area (Å²) in [6.07, 6.45) is 6.59. The number of amides is 2. The van der Waals surface area contributed by atoms with E-state index in [-0.39, 0.29) is 6.03 Å². The van der Waals surface area contributed by atoms with E-state index in [4.69, 9.17) is 0 Å². The number of rotatable bonds is 4. The number of hydrogen-bond acceptors (Lipinski definition) is 2. The van der Waals surface area contributed by atoms with Gasteiger partial charge in [0.2, 0.25) is 0 Å². The monoisotopic (exact) mass is 325 g/mol. The summed E-state index contributed by atoms with van der Waals surface area (Å²) in [4.78, 5) is 16.8. The lowest BCUT2D eigenvalue weighted by Crippen LogP contribution is -2.47. The Balaban J connectivity index is 1.60. The van der Waals surface area contributed by atoms with Gasteiger partial charge in [-0.25, -0.2) is 4.79 Å². The Morgan fingerprint density at radius 1 is 1.21 bits per heavy atom. The van der Waals surface area contributed by atoms with Crippen LogP contribution in [0.25, 0.3) is 10.8 Å². The molecule has 0 aliphatic heterocycles. The van der Waals surface area contributed by atoms with Crippen molar-refractivity contribution in [2.45, 2.75) is 52.1 Å². The maximum Gasteiger partial charge on any atom is 0.315 e. The Morgan fingerprint density at radius 2 is 2.00 bits per heavy atom. The third kappa shape index (κ3) is 3.86. The van der Waals surface area contributed by atoms with Crippen LogP contribution in [0.4, 0.5) is 4.79 Å². The Hall–Kier alpha value is -2.10. The van der Waals surface area contributed by atoms with E-state index in [1.54, 1.807) is 6.20 Å². The molecule has 0 bridgehead atoms. The van der Waals surface area contributed by atoms with Crippen molar-refractivity contribution < 1.29 is 4.79 Å². The van der Waals surface area contributed by atoms with Gasteiger partial charge in [-0.15, -0.1) is 0 Å². The number of benzene rings is 1. The fourth-order valence-corrected chi connectivity index (χ4v) is 3.84. The SMILES string of the molecule is CC(C)C1CCCCC1NC(=O)NCc1nccc2ccccc12. The average Bonchev–Trinajstić information content (AvgIpc) is 2.60. The van der Waals surface area contributed by atoms with Crippen molar-refractivity contribution in [3.63, 3.8) is 0 Å². The highest BCUT2D eigenvalue weighted by Gasteiger charge is 2.28. The molecular formula is C20H27N3O. The molecule has 4 heteroatoms. The van der Waals surface area contributed by atoms with Crippen molar-refractivity contribution in [1.82, 2.24) is 15.6 Å². The molecule has 128 valence electrons. The second kappa shape index (κ2) is 7.65. The normalized spacial score (nSPS) is 21.0. The number of nitrogens with zero attached hydrogens (tertiary/aromatic N) is 1. The van der Waals surface area contributed by atoms with Gasteiger partial charge in [-0.1, -0.05) is 51.0 Å². The number of carbonyl (C=O) groups is 1. The Kier molecular flexibility index (Phi) is 5.34. The quantitative estimate of drug-likeness (QED) is 0.883. The summed E-state index contributed by atoms with van der Waals surface area (Å²) in [6, 6.07) is 10.3.